The third kappa shape index (κ3) is 22.0. The van der Waals surface area contributed by atoms with Crippen LogP contribution in [-0.4, -0.2) is 36.1 Å². The molecule has 0 aromatic rings. The first-order valence-corrected chi connectivity index (χ1v) is 11.5. The smallest absolute Gasteiger partial charge is 0.0701 e. The van der Waals surface area contributed by atoms with Crippen molar-refractivity contribution < 1.29 is 14.9 Å². The Morgan fingerprint density at radius 3 is 1.70 bits per heavy atom. The lowest BCUT2D eigenvalue weighted by molar-refractivity contribution is 0.0417. The Bertz CT molecular complexity index is 258. The lowest BCUT2D eigenvalue weighted by Gasteiger charge is -2.16. The highest BCUT2D eigenvalue weighted by molar-refractivity contribution is 5.06. The molecule has 0 aromatic heterocycles. The van der Waals surface area contributed by atoms with Gasteiger partial charge in [0.15, 0.2) is 0 Å². The summed E-state index contributed by atoms with van der Waals surface area (Å²) in [6.07, 6.45) is 27.7. The summed E-state index contributed by atoms with van der Waals surface area (Å²) in [5, 5.41) is 17.7. The first-order chi connectivity index (χ1) is 13.3. The molecule has 0 aliphatic heterocycles. The van der Waals surface area contributed by atoms with Gasteiger partial charge >= 0.3 is 0 Å². The molecule has 0 aliphatic carbocycles. The van der Waals surface area contributed by atoms with Gasteiger partial charge in [-0.2, -0.15) is 0 Å². The number of hydrogen-bond donors (Lipinski definition) is 2. The second-order valence-corrected chi connectivity index (χ2v) is 7.51. The summed E-state index contributed by atoms with van der Waals surface area (Å²) in [4.78, 5) is 0. The molecule has 0 saturated heterocycles. The van der Waals surface area contributed by atoms with Gasteiger partial charge in [-0.15, -0.1) is 0 Å². The van der Waals surface area contributed by atoms with Crippen molar-refractivity contribution in [3.8, 4) is 0 Å². The molecule has 0 fully saturated rings. The minimum absolute atomic E-state index is 0.0610. The maximum absolute atomic E-state index is 8.92. The molecule has 0 aliphatic rings. The average molecular weight is 383 g/mol. The fourth-order valence-corrected chi connectivity index (χ4v) is 3.31. The maximum atomic E-state index is 8.92. The molecule has 4 radical (unpaired) electrons. The van der Waals surface area contributed by atoms with Gasteiger partial charge in [0.25, 0.3) is 0 Å². The van der Waals surface area contributed by atoms with Crippen LogP contribution in [0, 0.1) is 25.7 Å². The van der Waals surface area contributed by atoms with Crippen molar-refractivity contribution >= 4 is 0 Å². The zero-order valence-electron chi connectivity index (χ0n) is 17.9. The zero-order valence-corrected chi connectivity index (χ0v) is 17.9. The van der Waals surface area contributed by atoms with Crippen LogP contribution in [0.5, 0.6) is 0 Å². The van der Waals surface area contributed by atoms with Crippen molar-refractivity contribution in [2.45, 2.75) is 109 Å². The van der Waals surface area contributed by atoms with E-state index in [9.17, 15) is 0 Å². The van der Waals surface area contributed by atoms with Gasteiger partial charge in [0.05, 0.1) is 19.3 Å². The average Bonchev–Trinajstić information content (AvgIpc) is 2.68. The molecule has 0 amide bonds. The summed E-state index contributed by atoms with van der Waals surface area (Å²) in [7, 11) is 0. The van der Waals surface area contributed by atoms with Crippen LogP contribution in [0.3, 0.4) is 0 Å². The highest BCUT2D eigenvalue weighted by Crippen LogP contribution is 2.16. The van der Waals surface area contributed by atoms with Crippen molar-refractivity contribution in [1.82, 2.24) is 0 Å². The molecule has 2 N–H and O–H groups in total. The van der Waals surface area contributed by atoms with Crippen molar-refractivity contribution in [1.29, 1.82) is 0 Å². The Kier molecular flexibility index (Phi) is 23.8. The molecule has 0 saturated carbocycles. The molecule has 0 aromatic carbocycles. The van der Waals surface area contributed by atoms with Gasteiger partial charge in [-0.25, -0.2) is 0 Å². The maximum Gasteiger partial charge on any atom is 0.0701 e. The molecule has 0 bridgehead atoms. The predicted molar refractivity (Wildman–Crippen MR) is 116 cm³/mol. The van der Waals surface area contributed by atoms with Crippen LogP contribution in [0.4, 0.5) is 0 Å². The molecule has 3 nitrogen and oxygen atoms in total. The van der Waals surface area contributed by atoms with Crippen LogP contribution in [0.1, 0.15) is 103 Å². The van der Waals surface area contributed by atoms with E-state index in [0.717, 1.165) is 6.42 Å². The van der Waals surface area contributed by atoms with Crippen LogP contribution < -0.4 is 0 Å². The van der Waals surface area contributed by atoms with E-state index in [2.05, 4.69) is 6.92 Å². The van der Waals surface area contributed by atoms with Gasteiger partial charge in [0.2, 0.25) is 0 Å². The number of aliphatic hydroxyl groups excluding tert-OH is 2. The van der Waals surface area contributed by atoms with Gasteiger partial charge < -0.3 is 14.9 Å². The van der Waals surface area contributed by atoms with Crippen molar-refractivity contribution in [3.63, 3.8) is 0 Å². The fraction of sp³-hybridized carbons (Fsp3) is 0.833. The number of hydrogen-bond acceptors (Lipinski definition) is 3. The van der Waals surface area contributed by atoms with E-state index in [1.165, 1.54) is 89.9 Å². The molecule has 0 rings (SSSR count). The van der Waals surface area contributed by atoms with E-state index in [0.29, 0.717) is 6.61 Å². The van der Waals surface area contributed by atoms with Gasteiger partial charge in [-0.1, -0.05) is 96.8 Å². The monoisotopic (exact) mass is 382 g/mol. The molecule has 0 unspecified atom stereocenters. The summed E-state index contributed by atoms with van der Waals surface area (Å²) in [5.74, 6) is 0. The van der Waals surface area contributed by atoms with Gasteiger partial charge in [0, 0.05) is 6.61 Å². The van der Waals surface area contributed by atoms with Crippen LogP contribution in [0.15, 0.2) is 0 Å². The van der Waals surface area contributed by atoms with Crippen molar-refractivity contribution in [2.24, 2.45) is 0 Å². The Morgan fingerprint density at radius 1 is 0.704 bits per heavy atom. The highest BCUT2D eigenvalue weighted by Gasteiger charge is 2.09. The number of aliphatic hydroxyl groups is 2. The van der Waals surface area contributed by atoms with E-state index in [-0.39, 0.29) is 19.3 Å². The third-order valence-corrected chi connectivity index (χ3v) is 4.94. The van der Waals surface area contributed by atoms with Crippen molar-refractivity contribution in [2.75, 3.05) is 19.8 Å². The summed E-state index contributed by atoms with van der Waals surface area (Å²) in [6, 6.07) is 0. The topological polar surface area (TPSA) is 49.7 Å². The van der Waals surface area contributed by atoms with E-state index in [1.807, 2.05) is 19.3 Å². The quantitative estimate of drug-likeness (QED) is 0.212. The molecule has 27 heavy (non-hydrogen) atoms. The second kappa shape index (κ2) is 23.9. The zero-order chi connectivity index (χ0) is 19.8. The number of unbranched alkanes of at least 4 members (excludes halogenated alkanes) is 15. The second-order valence-electron chi connectivity index (χ2n) is 7.51. The lowest BCUT2D eigenvalue weighted by Crippen LogP contribution is -2.16. The van der Waals surface area contributed by atoms with Gasteiger partial charge in [-0.05, 0) is 32.1 Å². The first-order valence-electron chi connectivity index (χ1n) is 11.5. The van der Waals surface area contributed by atoms with Gasteiger partial charge in [0.1, 0.15) is 0 Å². The van der Waals surface area contributed by atoms with E-state index < -0.39 is 0 Å². The first kappa shape index (κ1) is 26.9. The highest BCUT2D eigenvalue weighted by atomic mass is 16.5. The number of rotatable bonds is 23. The minimum Gasteiger partial charge on any atom is -0.396 e. The molecule has 160 valence electrons. The van der Waals surface area contributed by atoms with E-state index >= 15 is 0 Å². The van der Waals surface area contributed by atoms with Gasteiger partial charge in [-0.3, -0.25) is 0 Å². The van der Waals surface area contributed by atoms with Crippen LogP contribution >= 0.6 is 0 Å². The minimum atomic E-state index is 0.0610. The Hall–Kier alpha value is -0.120. The lowest BCUT2D eigenvalue weighted by atomic mass is 10.0. The van der Waals surface area contributed by atoms with Crippen LogP contribution in [0.2, 0.25) is 0 Å². The molecule has 0 spiro atoms. The predicted octanol–water partition coefficient (Wildman–Crippen LogP) is 6.04. The fourth-order valence-electron chi connectivity index (χ4n) is 3.31. The molecule has 0 heterocycles. The standard InChI is InChI=1S/C24H46O3/c1-2-3-4-5-6-7-8-9-10-11-12-13-14-16-19-24(27-23-22-26)20-17-15-18-21-25/h15,17-18,20,24-26H,2-14,16,19,21-23H2,1H3/t24-/m1/s1. The summed E-state index contributed by atoms with van der Waals surface area (Å²) < 4.78 is 5.65. The normalized spacial score (nSPS) is 12.6. The summed E-state index contributed by atoms with van der Waals surface area (Å²) in [5.41, 5.74) is 0. The van der Waals surface area contributed by atoms with E-state index in [4.69, 9.17) is 14.9 Å². The SMILES string of the molecule is CCCCCCCCCCCCCCCC[C@H]([CH][CH][CH][CH]CO)OCCO. The third-order valence-electron chi connectivity index (χ3n) is 4.94. The molecule has 3 heteroatoms. The summed E-state index contributed by atoms with van der Waals surface area (Å²) in [6.45, 7) is 2.79. The number of ether oxygens (including phenoxy) is 1. The Balaban J connectivity index is 3.37. The van der Waals surface area contributed by atoms with Crippen LogP contribution in [0.25, 0.3) is 0 Å². The molecule has 1 atom stereocenters. The Morgan fingerprint density at radius 2 is 1.22 bits per heavy atom. The Labute approximate surface area is 170 Å². The summed E-state index contributed by atoms with van der Waals surface area (Å²) >= 11 is 0. The molecular weight excluding hydrogens is 336 g/mol. The van der Waals surface area contributed by atoms with Crippen molar-refractivity contribution in [3.05, 3.63) is 25.7 Å². The van der Waals surface area contributed by atoms with E-state index in [1.54, 1.807) is 6.42 Å². The largest absolute Gasteiger partial charge is 0.396 e. The molecular formula is C24H46O3. The van der Waals surface area contributed by atoms with Crippen LogP contribution in [-0.2, 0) is 4.74 Å².